The number of aryl methyl sites for hydroxylation is 1. The molecule has 1 amide bonds. The van der Waals surface area contributed by atoms with Gasteiger partial charge in [-0.2, -0.15) is 0 Å². The minimum atomic E-state index is 0.205. The highest BCUT2D eigenvalue weighted by Gasteiger charge is 2.22. The number of para-hydroxylation sites is 1. The molecule has 5 nitrogen and oxygen atoms in total. The molecule has 1 heterocycles. The largest absolute Gasteiger partial charge is 0.496 e. The fraction of sp³-hybridized carbons (Fsp3) is 0.435. The second kappa shape index (κ2) is 9.71. The van der Waals surface area contributed by atoms with Gasteiger partial charge in [-0.3, -0.25) is 9.69 Å². The van der Waals surface area contributed by atoms with Crippen LogP contribution in [0.15, 0.2) is 48.5 Å². The summed E-state index contributed by atoms with van der Waals surface area (Å²) in [6, 6.07) is 16.4. The Morgan fingerprint density at radius 2 is 1.57 bits per heavy atom. The molecule has 5 heteroatoms. The first kappa shape index (κ1) is 20.4. The first-order valence-corrected chi connectivity index (χ1v) is 9.92. The maximum atomic E-state index is 13.0. The van der Waals surface area contributed by atoms with E-state index in [-0.39, 0.29) is 5.91 Å². The number of rotatable bonds is 7. The normalized spacial score (nSPS) is 15.1. The third-order valence-corrected chi connectivity index (χ3v) is 5.46. The fourth-order valence-electron chi connectivity index (χ4n) is 3.62. The van der Waals surface area contributed by atoms with Crippen molar-refractivity contribution in [3.63, 3.8) is 0 Å². The molecule has 0 aromatic heterocycles. The van der Waals surface area contributed by atoms with E-state index >= 15 is 0 Å². The van der Waals surface area contributed by atoms with Crippen LogP contribution in [0.5, 0.6) is 5.75 Å². The maximum Gasteiger partial charge on any atom is 0.236 e. The van der Waals surface area contributed by atoms with Gasteiger partial charge in [-0.05, 0) is 31.2 Å². The van der Waals surface area contributed by atoms with Gasteiger partial charge in [0.05, 0.1) is 13.7 Å². The van der Waals surface area contributed by atoms with E-state index in [1.54, 1.807) is 7.11 Å². The van der Waals surface area contributed by atoms with Gasteiger partial charge in [0.1, 0.15) is 5.75 Å². The number of hydrogen-bond acceptors (Lipinski definition) is 4. The van der Waals surface area contributed by atoms with E-state index in [9.17, 15) is 4.79 Å². The van der Waals surface area contributed by atoms with E-state index in [1.165, 1.54) is 11.1 Å². The first-order chi connectivity index (χ1) is 13.6. The summed E-state index contributed by atoms with van der Waals surface area (Å²) >= 11 is 0. The smallest absolute Gasteiger partial charge is 0.236 e. The predicted octanol–water partition coefficient (Wildman–Crippen LogP) is 2.78. The molecule has 1 saturated heterocycles. The highest BCUT2D eigenvalue weighted by Crippen LogP contribution is 2.21. The van der Waals surface area contributed by atoms with Crippen molar-refractivity contribution in [3.8, 4) is 5.75 Å². The molecule has 2 aromatic carbocycles. The summed E-state index contributed by atoms with van der Waals surface area (Å²) in [5.41, 5.74) is 3.60. The van der Waals surface area contributed by atoms with E-state index in [2.05, 4.69) is 54.1 Å². The predicted molar refractivity (Wildman–Crippen MR) is 112 cm³/mol. The minimum Gasteiger partial charge on any atom is -0.496 e. The lowest BCUT2D eigenvalue weighted by Gasteiger charge is -2.34. The molecular formula is C23H31N3O2. The van der Waals surface area contributed by atoms with Crippen LogP contribution in [0, 0.1) is 6.92 Å². The highest BCUT2D eigenvalue weighted by atomic mass is 16.5. The van der Waals surface area contributed by atoms with Crippen LogP contribution in [0.3, 0.4) is 0 Å². The van der Waals surface area contributed by atoms with Gasteiger partial charge in [0.2, 0.25) is 5.91 Å². The number of likely N-dealkylation sites (N-methyl/N-ethyl adjacent to an activating group) is 1. The van der Waals surface area contributed by atoms with E-state index in [0.717, 1.165) is 44.0 Å². The Hall–Kier alpha value is -2.37. The van der Waals surface area contributed by atoms with Crippen LogP contribution in [0.1, 0.15) is 16.7 Å². The van der Waals surface area contributed by atoms with Crippen molar-refractivity contribution in [2.75, 3.05) is 46.9 Å². The van der Waals surface area contributed by atoms with E-state index in [4.69, 9.17) is 4.74 Å². The van der Waals surface area contributed by atoms with Crippen LogP contribution in [0.4, 0.5) is 0 Å². The van der Waals surface area contributed by atoms with E-state index in [1.807, 2.05) is 23.1 Å². The molecule has 0 N–H and O–H groups in total. The van der Waals surface area contributed by atoms with Crippen LogP contribution in [0.25, 0.3) is 0 Å². The third-order valence-electron chi connectivity index (χ3n) is 5.46. The van der Waals surface area contributed by atoms with Crippen molar-refractivity contribution in [1.29, 1.82) is 0 Å². The summed E-state index contributed by atoms with van der Waals surface area (Å²) in [7, 11) is 3.80. The molecule has 2 aromatic rings. The molecule has 1 fully saturated rings. The molecule has 0 bridgehead atoms. The van der Waals surface area contributed by atoms with Crippen LogP contribution in [0.2, 0.25) is 0 Å². The molecule has 1 aliphatic rings. The molecule has 0 radical (unpaired) electrons. The molecular weight excluding hydrogens is 350 g/mol. The van der Waals surface area contributed by atoms with Gasteiger partial charge < -0.3 is 14.5 Å². The van der Waals surface area contributed by atoms with Gasteiger partial charge in [-0.15, -0.1) is 0 Å². The second-order valence-corrected chi connectivity index (χ2v) is 7.57. The molecule has 28 heavy (non-hydrogen) atoms. The van der Waals surface area contributed by atoms with E-state index in [0.29, 0.717) is 13.1 Å². The quantitative estimate of drug-likeness (QED) is 0.739. The van der Waals surface area contributed by atoms with E-state index < -0.39 is 0 Å². The summed E-state index contributed by atoms with van der Waals surface area (Å²) in [4.78, 5) is 19.5. The molecule has 1 aliphatic heterocycles. The van der Waals surface area contributed by atoms with Gasteiger partial charge in [-0.25, -0.2) is 0 Å². The van der Waals surface area contributed by atoms with Gasteiger partial charge in [0, 0.05) is 44.8 Å². The molecule has 0 unspecified atom stereocenters. The number of amides is 1. The topological polar surface area (TPSA) is 36.0 Å². The minimum absolute atomic E-state index is 0.205. The summed E-state index contributed by atoms with van der Waals surface area (Å²) in [5, 5.41) is 0. The zero-order valence-corrected chi connectivity index (χ0v) is 17.2. The molecule has 0 atom stereocenters. The number of carbonyl (C=O) groups is 1. The van der Waals surface area contributed by atoms with Crippen molar-refractivity contribution in [3.05, 3.63) is 65.2 Å². The molecule has 0 spiro atoms. The number of nitrogens with zero attached hydrogens (tertiary/aromatic N) is 3. The number of methoxy groups -OCH3 is 1. The lowest BCUT2D eigenvalue weighted by Crippen LogP contribution is -2.49. The van der Waals surface area contributed by atoms with Gasteiger partial charge >= 0.3 is 0 Å². The third kappa shape index (κ3) is 5.33. The number of hydrogen-bond donors (Lipinski definition) is 0. The Kier molecular flexibility index (Phi) is 7.06. The maximum absolute atomic E-state index is 13.0. The van der Waals surface area contributed by atoms with Gasteiger partial charge in [0.25, 0.3) is 0 Å². The molecule has 150 valence electrons. The van der Waals surface area contributed by atoms with Crippen LogP contribution in [-0.4, -0.2) is 67.5 Å². The SMILES string of the molecule is COc1ccccc1CN(CC(=O)N1CCN(C)CC1)Cc1ccccc1C. The summed E-state index contributed by atoms with van der Waals surface area (Å²) in [6.45, 7) is 7.45. The van der Waals surface area contributed by atoms with Crippen molar-refractivity contribution in [2.24, 2.45) is 0 Å². The molecule has 0 saturated carbocycles. The summed E-state index contributed by atoms with van der Waals surface area (Å²) in [5.74, 6) is 1.07. The zero-order chi connectivity index (χ0) is 19.9. The lowest BCUT2D eigenvalue weighted by molar-refractivity contribution is -0.134. The zero-order valence-electron chi connectivity index (χ0n) is 17.2. The average Bonchev–Trinajstić information content (AvgIpc) is 2.70. The number of piperazine rings is 1. The lowest BCUT2D eigenvalue weighted by atomic mass is 10.1. The standard InChI is InChI=1S/C23H31N3O2/c1-19-8-4-5-9-20(19)16-25(17-21-10-6-7-11-22(21)28-3)18-23(27)26-14-12-24(2)13-15-26/h4-11H,12-18H2,1-3H3. The average molecular weight is 382 g/mol. The molecule has 3 rings (SSSR count). The summed E-state index contributed by atoms with van der Waals surface area (Å²) in [6.07, 6.45) is 0. The first-order valence-electron chi connectivity index (χ1n) is 9.92. The van der Waals surface area contributed by atoms with Crippen molar-refractivity contribution >= 4 is 5.91 Å². The van der Waals surface area contributed by atoms with Crippen molar-refractivity contribution < 1.29 is 9.53 Å². The Balaban J connectivity index is 1.75. The van der Waals surface area contributed by atoms with Gasteiger partial charge in [0.15, 0.2) is 0 Å². The number of ether oxygens (including phenoxy) is 1. The van der Waals surface area contributed by atoms with Crippen LogP contribution in [-0.2, 0) is 17.9 Å². The second-order valence-electron chi connectivity index (χ2n) is 7.57. The van der Waals surface area contributed by atoms with Gasteiger partial charge in [-0.1, -0.05) is 42.5 Å². The Labute approximate surface area is 168 Å². The monoisotopic (exact) mass is 381 g/mol. The Morgan fingerprint density at radius 1 is 0.964 bits per heavy atom. The molecule has 0 aliphatic carbocycles. The van der Waals surface area contributed by atoms with Crippen molar-refractivity contribution in [1.82, 2.24) is 14.7 Å². The van der Waals surface area contributed by atoms with Crippen LogP contribution >= 0.6 is 0 Å². The Morgan fingerprint density at radius 3 is 2.25 bits per heavy atom. The number of benzene rings is 2. The van der Waals surface area contributed by atoms with Crippen LogP contribution < -0.4 is 4.74 Å². The highest BCUT2D eigenvalue weighted by molar-refractivity contribution is 5.78. The number of carbonyl (C=O) groups excluding carboxylic acids is 1. The fourth-order valence-corrected chi connectivity index (χ4v) is 3.62. The van der Waals surface area contributed by atoms with Crippen molar-refractivity contribution in [2.45, 2.75) is 20.0 Å². The Bertz CT molecular complexity index is 785. The summed E-state index contributed by atoms with van der Waals surface area (Å²) < 4.78 is 5.53.